The van der Waals surface area contributed by atoms with Crippen LogP contribution in [0.4, 0.5) is 4.39 Å². The van der Waals surface area contributed by atoms with Crippen LogP contribution in [-0.2, 0) is 11.2 Å². The molecule has 0 aliphatic carbocycles. The van der Waals surface area contributed by atoms with Gasteiger partial charge in [-0.25, -0.2) is 4.39 Å². The molecule has 0 aliphatic heterocycles. The maximum absolute atomic E-state index is 13.2. The highest BCUT2D eigenvalue weighted by Gasteiger charge is 2.11. The van der Waals surface area contributed by atoms with Crippen LogP contribution in [-0.4, -0.2) is 18.6 Å². The number of carbonyl (C=O) groups is 1. The number of amides is 1. The van der Waals surface area contributed by atoms with Crippen molar-refractivity contribution in [3.05, 3.63) is 29.6 Å². The number of carbonyl (C=O) groups excluding carboxylic acids is 1. The molecular formula is C11H15FN2O2. The molecule has 16 heavy (non-hydrogen) atoms. The summed E-state index contributed by atoms with van der Waals surface area (Å²) in [6, 6.07) is 4.24. The van der Waals surface area contributed by atoms with Crippen molar-refractivity contribution >= 4 is 5.91 Å². The summed E-state index contributed by atoms with van der Waals surface area (Å²) in [4.78, 5) is 10.8. The number of nitrogens with two attached hydrogens (primary N) is 2. The SMILES string of the molecule is CC(Oc1cc(F)cc(CCN)c1)C(N)=O. The van der Waals surface area contributed by atoms with Gasteiger partial charge in [0.05, 0.1) is 0 Å². The second-order valence-corrected chi connectivity index (χ2v) is 3.50. The molecule has 0 fully saturated rings. The van der Waals surface area contributed by atoms with Crippen LogP contribution < -0.4 is 16.2 Å². The lowest BCUT2D eigenvalue weighted by Gasteiger charge is -2.12. The number of halogens is 1. The van der Waals surface area contributed by atoms with Gasteiger partial charge >= 0.3 is 0 Å². The Kier molecular flexibility index (Phi) is 4.25. The van der Waals surface area contributed by atoms with Crippen LogP contribution in [0.15, 0.2) is 18.2 Å². The van der Waals surface area contributed by atoms with E-state index in [9.17, 15) is 9.18 Å². The van der Waals surface area contributed by atoms with Crippen molar-refractivity contribution in [1.29, 1.82) is 0 Å². The van der Waals surface area contributed by atoms with Crippen molar-refractivity contribution < 1.29 is 13.9 Å². The Morgan fingerprint density at radius 2 is 2.19 bits per heavy atom. The summed E-state index contributed by atoms with van der Waals surface area (Å²) in [5.74, 6) is -0.725. The molecule has 0 saturated carbocycles. The minimum atomic E-state index is -0.785. The molecule has 0 radical (unpaired) electrons. The standard InChI is InChI=1S/C11H15FN2O2/c1-7(11(14)15)16-10-5-8(2-3-13)4-9(12)6-10/h4-7H,2-3,13H2,1H3,(H2,14,15). The van der Waals surface area contributed by atoms with Crippen molar-refractivity contribution in [2.45, 2.75) is 19.4 Å². The fraction of sp³-hybridized carbons (Fsp3) is 0.364. The zero-order chi connectivity index (χ0) is 12.1. The molecule has 1 atom stereocenters. The molecule has 0 aliphatic rings. The van der Waals surface area contributed by atoms with E-state index in [0.29, 0.717) is 13.0 Å². The monoisotopic (exact) mass is 226 g/mol. The number of benzene rings is 1. The van der Waals surface area contributed by atoms with Crippen LogP contribution in [0.3, 0.4) is 0 Å². The van der Waals surface area contributed by atoms with Gasteiger partial charge in [-0.2, -0.15) is 0 Å². The lowest BCUT2D eigenvalue weighted by atomic mass is 10.1. The Balaban J connectivity index is 2.83. The van der Waals surface area contributed by atoms with E-state index in [1.807, 2.05) is 0 Å². The molecule has 1 aromatic carbocycles. The highest BCUT2D eigenvalue weighted by molar-refractivity contribution is 5.78. The van der Waals surface area contributed by atoms with Crippen LogP contribution in [0.2, 0.25) is 0 Å². The maximum Gasteiger partial charge on any atom is 0.258 e. The molecule has 88 valence electrons. The topological polar surface area (TPSA) is 78.3 Å². The van der Waals surface area contributed by atoms with Gasteiger partial charge < -0.3 is 16.2 Å². The fourth-order valence-corrected chi connectivity index (χ4v) is 1.26. The van der Waals surface area contributed by atoms with Gasteiger partial charge in [0.15, 0.2) is 6.10 Å². The summed E-state index contributed by atoms with van der Waals surface area (Å²) >= 11 is 0. The Morgan fingerprint density at radius 1 is 1.50 bits per heavy atom. The van der Waals surface area contributed by atoms with Crippen molar-refractivity contribution in [2.75, 3.05) is 6.54 Å². The highest BCUT2D eigenvalue weighted by Crippen LogP contribution is 2.18. The molecule has 4 N–H and O–H groups in total. The average Bonchev–Trinajstić information content (AvgIpc) is 2.16. The van der Waals surface area contributed by atoms with E-state index in [1.165, 1.54) is 19.1 Å². The summed E-state index contributed by atoms with van der Waals surface area (Å²) in [6.45, 7) is 1.93. The number of primary amides is 1. The lowest BCUT2D eigenvalue weighted by molar-refractivity contribution is -0.123. The van der Waals surface area contributed by atoms with Gasteiger partial charge in [0, 0.05) is 6.07 Å². The molecule has 0 bridgehead atoms. The van der Waals surface area contributed by atoms with Crippen molar-refractivity contribution in [3.8, 4) is 5.75 Å². The minimum absolute atomic E-state index is 0.287. The number of hydrogen-bond acceptors (Lipinski definition) is 3. The van der Waals surface area contributed by atoms with Crippen LogP contribution >= 0.6 is 0 Å². The number of hydrogen-bond donors (Lipinski definition) is 2. The molecule has 1 aromatic rings. The normalized spacial score (nSPS) is 12.2. The average molecular weight is 226 g/mol. The predicted octanol–water partition coefficient (Wildman–Crippen LogP) is 0.580. The van der Waals surface area contributed by atoms with Gasteiger partial charge in [0.25, 0.3) is 5.91 Å². The Hall–Kier alpha value is -1.62. The van der Waals surface area contributed by atoms with E-state index < -0.39 is 17.8 Å². The molecule has 0 aromatic heterocycles. The van der Waals surface area contributed by atoms with Gasteiger partial charge in [-0.1, -0.05) is 0 Å². The van der Waals surface area contributed by atoms with Crippen LogP contribution in [0, 0.1) is 5.82 Å². The largest absolute Gasteiger partial charge is 0.481 e. The zero-order valence-electron chi connectivity index (χ0n) is 9.07. The summed E-state index contributed by atoms with van der Waals surface area (Å²) in [6.07, 6.45) is -0.230. The molecule has 1 amide bonds. The first-order valence-electron chi connectivity index (χ1n) is 4.98. The van der Waals surface area contributed by atoms with E-state index in [-0.39, 0.29) is 5.75 Å². The lowest BCUT2D eigenvalue weighted by Crippen LogP contribution is -2.30. The number of ether oxygens (including phenoxy) is 1. The first-order valence-corrected chi connectivity index (χ1v) is 4.98. The van der Waals surface area contributed by atoms with Gasteiger partial charge in [0.2, 0.25) is 0 Å². The van der Waals surface area contributed by atoms with Crippen molar-refractivity contribution in [3.63, 3.8) is 0 Å². The first kappa shape index (κ1) is 12.4. The molecule has 5 heteroatoms. The molecule has 0 heterocycles. The quantitative estimate of drug-likeness (QED) is 0.770. The fourth-order valence-electron chi connectivity index (χ4n) is 1.26. The highest BCUT2D eigenvalue weighted by atomic mass is 19.1. The van der Waals surface area contributed by atoms with Crippen LogP contribution in [0.25, 0.3) is 0 Å². The third kappa shape index (κ3) is 3.51. The van der Waals surface area contributed by atoms with Crippen LogP contribution in [0.1, 0.15) is 12.5 Å². The van der Waals surface area contributed by atoms with Crippen LogP contribution in [0.5, 0.6) is 5.75 Å². The van der Waals surface area contributed by atoms with Gasteiger partial charge in [-0.15, -0.1) is 0 Å². The van der Waals surface area contributed by atoms with Gasteiger partial charge in [0.1, 0.15) is 11.6 Å². The Bertz CT molecular complexity index is 382. The molecule has 0 saturated heterocycles. The van der Waals surface area contributed by atoms with E-state index in [2.05, 4.69) is 0 Å². The zero-order valence-corrected chi connectivity index (χ0v) is 9.07. The first-order chi connectivity index (χ1) is 7.52. The Morgan fingerprint density at radius 3 is 2.75 bits per heavy atom. The van der Waals surface area contributed by atoms with Crippen molar-refractivity contribution in [1.82, 2.24) is 0 Å². The summed E-state index contributed by atoms with van der Waals surface area (Å²) in [5.41, 5.74) is 11.1. The molecule has 1 unspecified atom stereocenters. The summed E-state index contributed by atoms with van der Waals surface area (Å²) < 4.78 is 18.4. The van der Waals surface area contributed by atoms with E-state index in [4.69, 9.17) is 16.2 Å². The van der Waals surface area contributed by atoms with E-state index >= 15 is 0 Å². The smallest absolute Gasteiger partial charge is 0.258 e. The summed E-state index contributed by atoms with van der Waals surface area (Å²) in [5, 5.41) is 0. The second kappa shape index (κ2) is 5.46. The minimum Gasteiger partial charge on any atom is -0.481 e. The molecular weight excluding hydrogens is 211 g/mol. The maximum atomic E-state index is 13.2. The van der Waals surface area contributed by atoms with E-state index in [1.54, 1.807) is 6.07 Å². The van der Waals surface area contributed by atoms with Gasteiger partial charge in [-0.05, 0) is 37.6 Å². The number of rotatable bonds is 5. The van der Waals surface area contributed by atoms with Gasteiger partial charge in [-0.3, -0.25) is 4.79 Å². The summed E-state index contributed by atoms with van der Waals surface area (Å²) in [7, 11) is 0. The molecule has 0 spiro atoms. The third-order valence-electron chi connectivity index (χ3n) is 2.08. The third-order valence-corrected chi connectivity index (χ3v) is 2.08. The van der Waals surface area contributed by atoms with E-state index in [0.717, 1.165) is 5.56 Å². The Labute approximate surface area is 93.4 Å². The second-order valence-electron chi connectivity index (χ2n) is 3.50. The molecule has 4 nitrogen and oxygen atoms in total. The predicted molar refractivity (Wildman–Crippen MR) is 58.4 cm³/mol. The molecule has 1 rings (SSSR count). The van der Waals surface area contributed by atoms with Crippen molar-refractivity contribution in [2.24, 2.45) is 11.5 Å².